The maximum absolute atomic E-state index is 5.91. The summed E-state index contributed by atoms with van der Waals surface area (Å²) in [5.74, 6) is 2.28. The van der Waals surface area contributed by atoms with E-state index in [1.807, 2.05) is 6.07 Å². The number of hydrogen-bond acceptors (Lipinski definition) is 4. The molecule has 1 aromatic heterocycles. The molecule has 0 aromatic carbocycles. The molecule has 1 aliphatic rings. The Morgan fingerprint density at radius 2 is 1.81 bits per heavy atom. The second kappa shape index (κ2) is 5.82. The van der Waals surface area contributed by atoms with E-state index in [9.17, 15) is 0 Å². The SMILES string of the molecule is CCCc1nc(N)cc(NC2CC(C)(C)CC(C)(C)C2)n1. The number of nitrogens with two attached hydrogens (primary N) is 1. The van der Waals surface area contributed by atoms with E-state index in [4.69, 9.17) is 5.73 Å². The van der Waals surface area contributed by atoms with Crippen LogP contribution in [0.3, 0.4) is 0 Å². The molecule has 118 valence electrons. The Hall–Kier alpha value is -1.32. The van der Waals surface area contributed by atoms with Gasteiger partial charge in [-0.25, -0.2) is 9.97 Å². The van der Waals surface area contributed by atoms with Gasteiger partial charge in [0.25, 0.3) is 0 Å². The van der Waals surface area contributed by atoms with Crippen LogP contribution in [0.2, 0.25) is 0 Å². The Morgan fingerprint density at radius 3 is 2.38 bits per heavy atom. The highest BCUT2D eigenvalue weighted by Gasteiger charge is 2.38. The molecule has 0 atom stereocenters. The van der Waals surface area contributed by atoms with Gasteiger partial charge in [-0.2, -0.15) is 0 Å². The molecule has 0 spiro atoms. The smallest absolute Gasteiger partial charge is 0.133 e. The molecule has 0 bridgehead atoms. The van der Waals surface area contributed by atoms with Crippen LogP contribution in [0.25, 0.3) is 0 Å². The van der Waals surface area contributed by atoms with Crippen molar-refractivity contribution in [3.05, 3.63) is 11.9 Å². The molecular weight excluding hydrogens is 260 g/mol. The largest absolute Gasteiger partial charge is 0.384 e. The normalized spacial score (nSPS) is 21.2. The molecule has 2 rings (SSSR count). The summed E-state index contributed by atoms with van der Waals surface area (Å²) >= 11 is 0. The van der Waals surface area contributed by atoms with Gasteiger partial charge in [0, 0.05) is 18.5 Å². The van der Waals surface area contributed by atoms with Crippen molar-refractivity contribution in [1.29, 1.82) is 0 Å². The van der Waals surface area contributed by atoms with Crippen LogP contribution in [0.1, 0.15) is 66.1 Å². The minimum Gasteiger partial charge on any atom is -0.384 e. The molecule has 0 aliphatic heterocycles. The summed E-state index contributed by atoms with van der Waals surface area (Å²) in [6.45, 7) is 11.6. The third-order valence-corrected chi connectivity index (χ3v) is 4.17. The summed E-state index contributed by atoms with van der Waals surface area (Å²) < 4.78 is 0. The fourth-order valence-corrected chi connectivity index (χ4v) is 4.08. The lowest BCUT2D eigenvalue weighted by Gasteiger charge is -2.45. The quantitative estimate of drug-likeness (QED) is 0.878. The van der Waals surface area contributed by atoms with Crippen molar-refractivity contribution in [3.63, 3.8) is 0 Å². The summed E-state index contributed by atoms with van der Waals surface area (Å²) in [5, 5.41) is 3.60. The Morgan fingerprint density at radius 1 is 1.19 bits per heavy atom. The Kier molecular flexibility index (Phi) is 4.45. The van der Waals surface area contributed by atoms with Crippen LogP contribution < -0.4 is 11.1 Å². The van der Waals surface area contributed by atoms with Crippen molar-refractivity contribution in [3.8, 4) is 0 Å². The second-order valence-corrected chi connectivity index (χ2v) is 8.10. The van der Waals surface area contributed by atoms with E-state index in [1.165, 1.54) is 19.3 Å². The zero-order valence-electron chi connectivity index (χ0n) is 14.2. The molecule has 1 aromatic rings. The average Bonchev–Trinajstić information content (AvgIpc) is 2.23. The van der Waals surface area contributed by atoms with Gasteiger partial charge in [0.2, 0.25) is 0 Å². The van der Waals surface area contributed by atoms with Crippen LogP contribution in [0, 0.1) is 10.8 Å². The van der Waals surface area contributed by atoms with Crippen LogP contribution in [0.15, 0.2) is 6.07 Å². The van der Waals surface area contributed by atoms with Gasteiger partial charge in [-0.15, -0.1) is 0 Å². The highest BCUT2D eigenvalue weighted by molar-refractivity contribution is 5.45. The molecule has 21 heavy (non-hydrogen) atoms. The first-order valence-corrected chi connectivity index (χ1v) is 8.09. The number of nitrogens with zero attached hydrogens (tertiary/aromatic N) is 2. The van der Waals surface area contributed by atoms with Crippen LogP contribution in [0.4, 0.5) is 11.6 Å². The molecule has 4 nitrogen and oxygen atoms in total. The second-order valence-electron chi connectivity index (χ2n) is 8.10. The number of hydrogen-bond donors (Lipinski definition) is 2. The van der Waals surface area contributed by atoms with Crippen molar-refractivity contribution in [2.45, 2.75) is 72.8 Å². The van der Waals surface area contributed by atoms with Crippen LogP contribution >= 0.6 is 0 Å². The van der Waals surface area contributed by atoms with E-state index < -0.39 is 0 Å². The number of anilines is 2. The Balaban J connectivity index is 2.13. The molecular formula is C17H30N4. The van der Waals surface area contributed by atoms with Crippen molar-refractivity contribution >= 4 is 11.6 Å². The molecule has 1 heterocycles. The van der Waals surface area contributed by atoms with Gasteiger partial charge >= 0.3 is 0 Å². The van der Waals surface area contributed by atoms with Crippen LogP contribution in [-0.2, 0) is 6.42 Å². The molecule has 1 aliphatic carbocycles. The fraction of sp³-hybridized carbons (Fsp3) is 0.765. The standard InChI is InChI=1S/C17H30N4/c1-6-7-14-20-13(18)8-15(21-14)19-12-9-16(2,3)11-17(4,5)10-12/h8,12H,6-7,9-11H2,1-5H3,(H3,18,19,20,21). The first-order valence-electron chi connectivity index (χ1n) is 8.09. The molecule has 0 radical (unpaired) electrons. The van der Waals surface area contributed by atoms with Gasteiger partial charge < -0.3 is 11.1 Å². The lowest BCUT2D eigenvalue weighted by molar-refractivity contribution is 0.105. The van der Waals surface area contributed by atoms with E-state index in [2.05, 4.69) is 49.9 Å². The maximum Gasteiger partial charge on any atom is 0.133 e. The van der Waals surface area contributed by atoms with Crippen LogP contribution in [-0.4, -0.2) is 16.0 Å². The maximum atomic E-state index is 5.91. The Bertz CT molecular complexity index is 478. The minimum absolute atomic E-state index is 0.365. The molecule has 1 saturated carbocycles. The van der Waals surface area contributed by atoms with Gasteiger partial charge in [-0.3, -0.25) is 0 Å². The molecule has 0 amide bonds. The molecule has 1 fully saturated rings. The number of nitrogen functional groups attached to an aromatic ring is 1. The summed E-state index contributed by atoms with van der Waals surface area (Å²) in [7, 11) is 0. The highest BCUT2D eigenvalue weighted by Crippen LogP contribution is 2.46. The third kappa shape index (κ3) is 4.58. The van der Waals surface area contributed by atoms with Gasteiger partial charge in [-0.05, 0) is 36.5 Å². The zero-order chi connectivity index (χ0) is 15.7. The molecule has 0 saturated heterocycles. The summed E-state index contributed by atoms with van der Waals surface area (Å²) in [4.78, 5) is 8.91. The van der Waals surface area contributed by atoms with Gasteiger partial charge in [0.1, 0.15) is 17.5 Å². The lowest BCUT2D eigenvalue weighted by atomic mass is 9.63. The molecule has 3 N–H and O–H groups in total. The summed E-state index contributed by atoms with van der Waals surface area (Å²) in [6.07, 6.45) is 5.52. The number of aromatic nitrogens is 2. The molecule has 0 unspecified atom stereocenters. The van der Waals surface area contributed by atoms with E-state index in [0.717, 1.165) is 24.5 Å². The zero-order valence-corrected chi connectivity index (χ0v) is 14.2. The summed E-state index contributed by atoms with van der Waals surface area (Å²) in [6, 6.07) is 2.31. The van der Waals surface area contributed by atoms with Gasteiger partial charge in [0.05, 0.1) is 0 Å². The summed E-state index contributed by atoms with van der Waals surface area (Å²) in [5.41, 5.74) is 6.64. The van der Waals surface area contributed by atoms with E-state index >= 15 is 0 Å². The predicted molar refractivity (Wildman–Crippen MR) is 89.3 cm³/mol. The number of aryl methyl sites for hydroxylation is 1. The van der Waals surface area contributed by atoms with E-state index in [0.29, 0.717) is 22.7 Å². The van der Waals surface area contributed by atoms with Crippen molar-refractivity contribution < 1.29 is 0 Å². The minimum atomic E-state index is 0.365. The average molecular weight is 290 g/mol. The fourth-order valence-electron chi connectivity index (χ4n) is 4.08. The highest BCUT2D eigenvalue weighted by atomic mass is 15.1. The predicted octanol–water partition coefficient (Wildman–Crippen LogP) is 4.03. The van der Waals surface area contributed by atoms with E-state index in [-0.39, 0.29) is 0 Å². The number of nitrogens with one attached hydrogen (secondary N) is 1. The van der Waals surface area contributed by atoms with Crippen molar-refractivity contribution in [2.75, 3.05) is 11.1 Å². The van der Waals surface area contributed by atoms with Crippen molar-refractivity contribution in [2.24, 2.45) is 10.8 Å². The van der Waals surface area contributed by atoms with Crippen molar-refractivity contribution in [1.82, 2.24) is 9.97 Å². The topological polar surface area (TPSA) is 63.8 Å². The first-order chi connectivity index (χ1) is 9.69. The Labute approximate surface area is 128 Å². The molecule has 4 heteroatoms. The van der Waals surface area contributed by atoms with Gasteiger partial charge in [0.15, 0.2) is 0 Å². The van der Waals surface area contributed by atoms with E-state index in [1.54, 1.807) is 0 Å². The van der Waals surface area contributed by atoms with Crippen LogP contribution in [0.5, 0.6) is 0 Å². The third-order valence-electron chi connectivity index (χ3n) is 4.17. The monoisotopic (exact) mass is 290 g/mol. The lowest BCUT2D eigenvalue weighted by Crippen LogP contribution is -2.40. The first kappa shape index (κ1) is 16.1. The van der Waals surface area contributed by atoms with Gasteiger partial charge in [-0.1, -0.05) is 34.6 Å². The number of rotatable bonds is 4.